The molecule has 0 aromatic heterocycles. The number of amides is 2. The molecule has 1 unspecified atom stereocenters. The van der Waals surface area contributed by atoms with Crippen LogP contribution in [0.4, 0.5) is 10.1 Å². The highest BCUT2D eigenvalue weighted by molar-refractivity contribution is 5.97. The standard InChI is InChI=1S/C15H20FN3O3.ClH/c1-19(2)15(21)12-7-10(3-4-13(12)16)18-14(20)8-11-9-22-6-5-17-11;/h3-4,7,11,17H,5-6,8-9H2,1-2H3,(H,18,20);1H. The van der Waals surface area contributed by atoms with E-state index < -0.39 is 11.7 Å². The highest BCUT2D eigenvalue weighted by Gasteiger charge is 2.18. The summed E-state index contributed by atoms with van der Waals surface area (Å²) in [6, 6.07) is 3.93. The van der Waals surface area contributed by atoms with Gasteiger partial charge < -0.3 is 20.3 Å². The van der Waals surface area contributed by atoms with Gasteiger partial charge in [0.2, 0.25) is 5.91 Å². The molecule has 0 aliphatic carbocycles. The third-order valence-electron chi connectivity index (χ3n) is 3.32. The molecule has 0 radical (unpaired) electrons. The fourth-order valence-electron chi connectivity index (χ4n) is 2.19. The predicted octanol–water partition coefficient (Wildman–Crippen LogP) is 1.27. The van der Waals surface area contributed by atoms with Crippen molar-refractivity contribution in [3.05, 3.63) is 29.6 Å². The van der Waals surface area contributed by atoms with Gasteiger partial charge in [0.15, 0.2) is 0 Å². The summed E-state index contributed by atoms with van der Waals surface area (Å²) in [4.78, 5) is 25.1. The summed E-state index contributed by atoms with van der Waals surface area (Å²) in [5.74, 6) is -1.27. The fraction of sp³-hybridized carbons (Fsp3) is 0.467. The maximum absolute atomic E-state index is 13.7. The highest BCUT2D eigenvalue weighted by Crippen LogP contribution is 2.16. The largest absolute Gasteiger partial charge is 0.378 e. The van der Waals surface area contributed by atoms with Crippen LogP contribution in [0.2, 0.25) is 0 Å². The minimum absolute atomic E-state index is 0. The van der Waals surface area contributed by atoms with E-state index in [1.54, 1.807) is 14.1 Å². The zero-order chi connectivity index (χ0) is 16.1. The topological polar surface area (TPSA) is 70.7 Å². The number of nitrogens with one attached hydrogen (secondary N) is 2. The summed E-state index contributed by atoms with van der Waals surface area (Å²) in [6.07, 6.45) is 0.258. The Morgan fingerprint density at radius 1 is 1.43 bits per heavy atom. The van der Waals surface area contributed by atoms with Gasteiger partial charge in [-0.3, -0.25) is 9.59 Å². The number of hydrogen-bond acceptors (Lipinski definition) is 4. The lowest BCUT2D eigenvalue weighted by Gasteiger charge is -2.23. The molecule has 0 bridgehead atoms. The van der Waals surface area contributed by atoms with E-state index in [2.05, 4.69) is 10.6 Å². The van der Waals surface area contributed by atoms with Crippen LogP contribution in [0.15, 0.2) is 18.2 Å². The van der Waals surface area contributed by atoms with Crippen LogP contribution in [-0.2, 0) is 9.53 Å². The van der Waals surface area contributed by atoms with Crippen LogP contribution < -0.4 is 10.6 Å². The molecule has 2 N–H and O–H groups in total. The van der Waals surface area contributed by atoms with Gasteiger partial charge in [-0.05, 0) is 18.2 Å². The van der Waals surface area contributed by atoms with Crippen molar-refractivity contribution in [3.8, 4) is 0 Å². The molecule has 1 aromatic rings. The van der Waals surface area contributed by atoms with E-state index in [0.717, 1.165) is 6.54 Å². The third-order valence-corrected chi connectivity index (χ3v) is 3.32. The molecule has 1 fully saturated rings. The van der Waals surface area contributed by atoms with Gasteiger partial charge >= 0.3 is 0 Å². The van der Waals surface area contributed by atoms with Gasteiger partial charge in [-0.15, -0.1) is 12.4 Å². The van der Waals surface area contributed by atoms with Gasteiger partial charge in [-0.1, -0.05) is 0 Å². The van der Waals surface area contributed by atoms with Gasteiger partial charge in [0.25, 0.3) is 5.91 Å². The van der Waals surface area contributed by atoms with Crippen LogP contribution in [0.25, 0.3) is 0 Å². The second-order valence-electron chi connectivity index (χ2n) is 5.37. The van der Waals surface area contributed by atoms with E-state index in [4.69, 9.17) is 4.74 Å². The SMILES string of the molecule is CN(C)C(=O)c1cc(NC(=O)CC2COCCN2)ccc1F.Cl. The van der Waals surface area contributed by atoms with Crippen molar-refractivity contribution in [3.63, 3.8) is 0 Å². The summed E-state index contributed by atoms with van der Waals surface area (Å²) < 4.78 is 19.0. The van der Waals surface area contributed by atoms with Crippen molar-refractivity contribution < 1.29 is 18.7 Å². The summed E-state index contributed by atoms with van der Waals surface area (Å²) in [5.41, 5.74) is 0.329. The van der Waals surface area contributed by atoms with Crippen molar-refractivity contribution in [1.29, 1.82) is 0 Å². The number of benzene rings is 1. The number of carbonyl (C=O) groups excluding carboxylic acids is 2. The van der Waals surface area contributed by atoms with Crippen LogP contribution in [-0.4, -0.2) is 56.6 Å². The lowest BCUT2D eigenvalue weighted by Crippen LogP contribution is -2.43. The second kappa shape index (κ2) is 8.81. The molecule has 1 atom stereocenters. The normalized spacial score (nSPS) is 17.1. The summed E-state index contributed by atoms with van der Waals surface area (Å²) in [5, 5.41) is 5.86. The van der Waals surface area contributed by atoms with Crippen LogP contribution in [0.5, 0.6) is 0 Å². The minimum atomic E-state index is -0.612. The Balaban J connectivity index is 0.00000264. The number of anilines is 1. The molecular weight excluding hydrogens is 325 g/mol. The average molecular weight is 346 g/mol. The van der Waals surface area contributed by atoms with Crippen LogP contribution in [0.3, 0.4) is 0 Å². The Hall–Kier alpha value is -1.70. The first-order chi connectivity index (χ1) is 10.5. The van der Waals surface area contributed by atoms with E-state index in [1.165, 1.54) is 23.1 Å². The first-order valence-corrected chi connectivity index (χ1v) is 7.09. The number of nitrogens with zero attached hydrogens (tertiary/aromatic N) is 1. The van der Waals surface area contributed by atoms with Crippen LogP contribution in [0.1, 0.15) is 16.8 Å². The Morgan fingerprint density at radius 3 is 2.78 bits per heavy atom. The van der Waals surface area contributed by atoms with Gasteiger partial charge in [0.1, 0.15) is 5.82 Å². The van der Waals surface area contributed by atoms with Crippen molar-refractivity contribution >= 4 is 29.9 Å². The number of hydrogen-bond donors (Lipinski definition) is 2. The maximum Gasteiger partial charge on any atom is 0.256 e. The molecule has 1 aliphatic heterocycles. The van der Waals surface area contributed by atoms with E-state index in [1.807, 2.05) is 0 Å². The van der Waals surface area contributed by atoms with Crippen molar-refractivity contribution in [2.45, 2.75) is 12.5 Å². The van der Waals surface area contributed by atoms with Gasteiger partial charge in [0.05, 0.1) is 18.8 Å². The Kier molecular flexibility index (Phi) is 7.41. The molecule has 0 spiro atoms. The summed E-state index contributed by atoms with van der Waals surface area (Å²) >= 11 is 0. The monoisotopic (exact) mass is 345 g/mol. The van der Waals surface area contributed by atoms with Crippen molar-refractivity contribution in [1.82, 2.24) is 10.2 Å². The molecule has 1 aromatic carbocycles. The first-order valence-electron chi connectivity index (χ1n) is 7.09. The van der Waals surface area contributed by atoms with Crippen molar-refractivity contribution in [2.24, 2.45) is 0 Å². The third kappa shape index (κ3) is 5.46. The molecule has 1 heterocycles. The molecule has 128 valence electrons. The zero-order valence-corrected chi connectivity index (χ0v) is 13.9. The average Bonchev–Trinajstić information content (AvgIpc) is 2.49. The number of halogens is 2. The fourth-order valence-corrected chi connectivity index (χ4v) is 2.19. The number of ether oxygens (including phenoxy) is 1. The molecule has 8 heteroatoms. The zero-order valence-electron chi connectivity index (χ0n) is 13.1. The van der Waals surface area contributed by atoms with E-state index in [0.29, 0.717) is 18.9 Å². The molecule has 1 saturated heterocycles. The molecule has 2 rings (SSSR count). The molecule has 0 saturated carbocycles. The van der Waals surface area contributed by atoms with E-state index >= 15 is 0 Å². The number of carbonyl (C=O) groups is 2. The van der Waals surface area contributed by atoms with Crippen LogP contribution in [0, 0.1) is 5.82 Å². The lowest BCUT2D eigenvalue weighted by molar-refractivity contribution is -0.117. The Bertz CT molecular complexity index is 563. The van der Waals surface area contributed by atoms with Gasteiger partial charge in [0, 0.05) is 38.8 Å². The summed E-state index contributed by atoms with van der Waals surface area (Å²) in [6.45, 7) is 1.85. The first kappa shape index (κ1) is 19.3. The number of morpholine rings is 1. The van der Waals surface area contributed by atoms with E-state index in [-0.39, 0.29) is 36.3 Å². The number of rotatable bonds is 4. The molecule has 23 heavy (non-hydrogen) atoms. The van der Waals surface area contributed by atoms with Crippen LogP contribution >= 0.6 is 12.4 Å². The molecule has 6 nitrogen and oxygen atoms in total. The Labute approximate surface area is 140 Å². The Morgan fingerprint density at radius 2 is 2.17 bits per heavy atom. The smallest absolute Gasteiger partial charge is 0.256 e. The van der Waals surface area contributed by atoms with Gasteiger partial charge in [-0.2, -0.15) is 0 Å². The lowest BCUT2D eigenvalue weighted by atomic mass is 10.1. The second-order valence-corrected chi connectivity index (χ2v) is 5.37. The summed E-state index contributed by atoms with van der Waals surface area (Å²) in [7, 11) is 3.09. The molecule has 2 amide bonds. The maximum atomic E-state index is 13.7. The van der Waals surface area contributed by atoms with Crippen molar-refractivity contribution in [2.75, 3.05) is 39.2 Å². The highest BCUT2D eigenvalue weighted by atomic mass is 35.5. The van der Waals surface area contributed by atoms with Gasteiger partial charge in [-0.25, -0.2) is 4.39 Å². The quantitative estimate of drug-likeness (QED) is 0.862. The molecule has 1 aliphatic rings. The molecular formula is C15H21ClFN3O3. The van der Waals surface area contributed by atoms with E-state index in [9.17, 15) is 14.0 Å². The predicted molar refractivity (Wildman–Crippen MR) is 87.5 cm³/mol. The minimum Gasteiger partial charge on any atom is -0.378 e.